The van der Waals surface area contributed by atoms with Crippen molar-refractivity contribution in [3.05, 3.63) is 53.6 Å². The van der Waals surface area contributed by atoms with E-state index in [-0.39, 0.29) is 10.8 Å². The number of aromatic nitrogens is 4. The fourth-order valence-corrected chi connectivity index (χ4v) is 3.05. The minimum Gasteiger partial charge on any atom is -0.334 e. The van der Waals surface area contributed by atoms with Crippen LogP contribution in [0.4, 0.5) is 5.82 Å². The van der Waals surface area contributed by atoms with Gasteiger partial charge in [-0.3, -0.25) is 4.72 Å². The van der Waals surface area contributed by atoms with Crippen LogP contribution in [-0.2, 0) is 10.0 Å². The first-order valence-corrected chi connectivity index (χ1v) is 8.15. The molecule has 0 saturated heterocycles. The summed E-state index contributed by atoms with van der Waals surface area (Å²) in [5, 5.41) is 4.80. The molecule has 2 aromatic heterocycles. The third-order valence-corrected chi connectivity index (χ3v) is 4.46. The van der Waals surface area contributed by atoms with E-state index in [2.05, 4.69) is 19.8 Å². The number of imidazole rings is 1. The Balaban J connectivity index is 1.93. The van der Waals surface area contributed by atoms with Crippen LogP contribution in [0.2, 0.25) is 5.02 Å². The average Bonchev–Trinajstić information content (AvgIpc) is 3.08. The van der Waals surface area contributed by atoms with Gasteiger partial charge in [0.15, 0.2) is 10.8 Å². The van der Waals surface area contributed by atoms with Crippen molar-refractivity contribution in [2.24, 2.45) is 0 Å². The Labute approximate surface area is 132 Å². The Hall–Kier alpha value is -2.32. The number of rotatable bonds is 4. The van der Waals surface area contributed by atoms with E-state index in [1.165, 1.54) is 12.5 Å². The van der Waals surface area contributed by atoms with Gasteiger partial charge in [0.2, 0.25) is 0 Å². The summed E-state index contributed by atoms with van der Waals surface area (Å²) < 4.78 is 28.3. The van der Waals surface area contributed by atoms with Crippen LogP contribution in [0.15, 0.2) is 47.9 Å². The quantitative estimate of drug-likeness (QED) is 0.764. The highest BCUT2D eigenvalue weighted by molar-refractivity contribution is 7.92. The predicted octanol–water partition coefficient (Wildman–Crippen LogP) is 2.36. The normalized spacial score (nSPS) is 11.5. The lowest BCUT2D eigenvalue weighted by Gasteiger charge is -2.04. The molecule has 0 unspecified atom stereocenters. The number of halogens is 1. The van der Waals surface area contributed by atoms with Crippen LogP contribution in [0.25, 0.3) is 5.69 Å². The largest absolute Gasteiger partial charge is 0.334 e. The highest BCUT2D eigenvalue weighted by Gasteiger charge is 2.18. The maximum Gasteiger partial charge on any atom is 0.280 e. The maximum absolute atomic E-state index is 12.1. The van der Waals surface area contributed by atoms with E-state index in [0.717, 1.165) is 11.4 Å². The highest BCUT2D eigenvalue weighted by atomic mass is 35.5. The smallest absolute Gasteiger partial charge is 0.280 e. The molecular formula is C13H12ClN5O2S. The van der Waals surface area contributed by atoms with Gasteiger partial charge in [-0.05, 0) is 25.1 Å². The van der Waals surface area contributed by atoms with Gasteiger partial charge in [-0.15, -0.1) is 5.10 Å². The number of hydrogen-bond donors (Lipinski definition) is 2. The zero-order valence-electron chi connectivity index (χ0n) is 11.5. The first-order chi connectivity index (χ1) is 10.5. The molecule has 3 rings (SSSR count). The molecule has 0 radical (unpaired) electrons. The third kappa shape index (κ3) is 2.83. The van der Waals surface area contributed by atoms with Gasteiger partial charge in [-0.25, -0.2) is 9.67 Å². The number of aryl methyl sites for hydroxylation is 1. The summed E-state index contributed by atoms with van der Waals surface area (Å²) in [5.41, 5.74) is 1.52. The van der Waals surface area contributed by atoms with Gasteiger partial charge in [0.05, 0.1) is 18.2 Å². The fraction of sp³-hybridized carbons (Fsp3) is 0.0769. The van der Waals surface area contributed by atoms with Gasteiger partial charge < -0.3 is 4.98 Å². The molecule has 22 heavy (non-hydrogen) atoms. The van der Waals surface area contributed by atoms with Gasteiger partial charge in [0, 0.05) is 16.8 Å². The van der Waals surface area contributed by atoms with E-state index in [4.69, 9.17) is 11.6 Å². The second kappa shape index (κ2) is 5.47. The third-order valence-electron chi connectivity index (χ3n) is 2.94. The maximum atomic E-state index is 12.1. The van der Waals surface area contributed by atoms with Crippen LogP contribution in [0.1, 0.15) is 5.69 Å². The molecule has 0 atom stereocenters. The van der Waals surface area contributed by atoms with Crippen molar-refractivity contribution in [1.29, 1.82) is 0 Å². The molecular weight excluding hydrogens is 326 g/mol. The van der Waals surface area contributed by atoms with Crippen LogP contribution in [0.3, 0.4) is 0 Å². The summed E-state index contributed by atoms with van der Waals surface area (Å²) in [5.74, 6) is 0.215. The molecule has 1 aromatic carbocycles. The Morgan fingerprint density at radius 3 is 2.82 bits per heavy atom. The van der Waals surface area contributed by atoms with Crippen molar-refractivity contribution in [2.45, 2.75) is 11.9 Å². The molecule has 2 heterocycles. The van der Waals surface area contributed by atoms with Crippen molar-refractivity contribution >= 4 is 27.4 Å². The summed E-state index contributed by atoms with van der Waals surface area (Å²) in [7, 11) is -3.73. The van der Waals surface area contributed by atoms with Crippen molar-refractivity contribution < 1.29 is 8.42 Å². The molecule has 9 heteroatoms. The molecule has 0 bridgehead atoms. The lowest BCUT2D eigenvalue weighted by Crippen LogP contribution is -2.14. The topological polar surface area (TPSA) is 92.7 Å². The summed E-state index contributed by atoms with van der Waals surface area (Å²) in [6.45, 7) is 1.82. The first-order valence-electron chi connectivity index (χ1n) is 6.29. The minimum atomic E-state index is -3.73. The van der Waals surface area contributed by atoms with Crippen molar-refractivity contribution in [3.63, 3.8) is 0 Å². The number of anilines is 1. The molecule has 0 fully saturated rings. The Morgan fingerprint density at radius 2 is 2.14 bits per heavy atom. The zero-order valence-corrected chi connectivity index (χ0v) is 13.1. The number of nitrogens with one attached hydrogen (secondary N) is 2. The minimum absolute atomic E-state index is 0.0255. The van der Waals surface area contributed by atoms with E-state index >= 15 is 0 Å². The number of benzene rings is 1. The molecule has 3 aromatic rings. The van der Waals surface area contributed by atoms with Crippen LogP contribution in [0.5, 0.6) is 0 Å². The molecule has 0 aliphatic carbocycles. The zero-order chi connectivity index (χ0) is 15.7. The summed E-state index contributed by atoms with van der Waals surface area (Å²) >= 11 is 5.96. The number of hydrogen-bond acceptors (Lipinski definition) is 4. The van der Waals surface area contributed by atoms with Crippen molar-refractivity contribution in [3.8, 4) is 5.69 Å². The number of sulfonamides is 1. The van der Waals surface area contributed by atoms with Gasteiger partial charge in [-0.2, -0.15) is 8.42 Å². The van der Waals surface area contributed by atoms with Crippen molar-refractivity contribution in [1.82, 2.24) is 19.7 Å². The fourth-order valence-electron chi connectivity index (χ4n) is 1.98. The first kappa shape index (κ1) is 14.6. The van der Waals surface area contributed by atoms with Crippen LogP contribution in [-0.4, -0.2) is 28.2 Å². The molecule has 114 valence electrons. The molecule has 0 aliphatic heterocycles. The van der Waals surface area contributed by atoms with E-state index in [0.29, 0.717) is 5.02 Å². The SMILES string of the molecule is Cc1cc(NS(=O)(=O)c2cnc[nH]2)nn1-c1cccc(Cl)c1. The predicted molar refractivity (Wildman–Crippen MR) is 82.7 cm³/mol. The van der Waals surface area contributed by atoms with Gasteiger partial charge in [0.25, 0.3) is 10.0 Å². The van der Waals surface area contributed by atoms with Gasteiger partial charge in [0.1, 0.15) is 0 Å². The molecule has 0 amide bonds. The van der Waals surface area contributed by atoms with E-state index in [9.17, 15) is 8.42 Å². The Bertz CT molecular complexity index is 902. The van der Waals surface area contributed by atoms with Gasteiger partial charge >= 0.3 is 0 Å². The average molecular weight is 338 g/mol. The summed E-state index contributed by atoms with van der Waals surface area (Å²) in [6.07, 6.45) is 2.52. The standard InChI is InChI=1S/C13H12ClN5O2S/c1-9-5-12(18-22(20,21)13-7-15-8-16-13)17-19(9)11-4-2-3-10(14)6-11/h2-8H,1H3,(H,15,16)(H,17,18). The Morgan fingerprint density at radius 1 is 1.32 bits per heavy atom. The van der Waals surface area contributed by atoms with Crippen LogP contribution in [0, 0.1) is 6.92 Å². The molecule has 2 N–H and O–H groups in total. The van der Waals surface area contributed by atoms with Gasteiger partial charge in [-0.1, -0.05) is 17.7 Å². The lowest BCUT2D eigenvalue weighted by molar-refractivity contribution is 0.598. The number of H-pyrrole nitrogens is 1. The second-order valence-corrected chi connectivity index (χ2v) is 6.67. The summed E-state index contributed by atoms with van der Waals surface area (Å²) in [4.78, 5) is 6.24. The van der Waals surface area contributed by atoms with E-state index in [1.807, 2.05) is 13.0 Å². The highest BCUT2D eigenvalue weighted by Crippen LogP contribution is 2.20. The second-order valence-electron chi connectivity index (χ2n) is 4.58. The number of aromatic amines is 1. The molecule has 7 nitrogen and oxygen atoms in total. The molecule has 0 saturated carbocycles. The van der Waals surface area contributed by atoms with Crippen molar-refractivity contribution in [2.75, 3.05) is 4.72 Å². The monoisotopic (exact) mass is 337 g/mol. The number of nitrogens with zero attached hydrogens (tertiary/aromatic N) is 3. The van der Waals surface area contributed by atoms with Crippen LogP contribution >= 0.6 is 11.6 Å². The van der Waals surface area contributed by atoms with E-state index < -0.39 is 10.0 Å². The van der Waals surface area contributed by atoms with Crippen LogP contribution < -0.4 is 4.72 Å². The van der Waals surface area contributed by atoms with E-state index in [1.54, 1.807) is 28.9 Å². The molecule has 0 spiro atoms. The molecule has 0 aliphatic rings. The summed E-state index contributed by atoms with van der Waals surface area (Å²) in [6, 6.07) is 8.77. The Kier molecular flexibility index (Phi) is 3.63. The lowest BCUT2D eigenvalue weighted by atomic mass is 10.3.